The van der Waals surface area contributed by atoms with E-state index in [0.29, 0.717) is 26.2 Å². The predicted molar refractivity (Wildman–Crippen MR) is 89.3 cm³/mol. The van der Waals surface area contributed by atoms with Crippen LogP contribution in [0, 0.1) is 0 Å². The van der Waals surface area contributed by atoms with Gasteiger partial charge in [-0.25, -0.2) is 0 Å². The first-order valence-corrected chi connectivity index (χ1v) is 8.14. The zero-order valence-corrected chi connectivity index (χ0v) is 13.8. The molecule has 0 saturated carbocycles. The van der Waals surface area contributed by atoms with E-state index < -0.39 is 0 Å². The molecule has 6 nitrogen and oxygen atoms in total. The lowest BCUT2D eigenvalue weighted by molar-refractivity contribution is -0.120. The van der Waals surface area contributed by atoms with Crippen LogP contribution in [0.2, 0.25) is 0 Å². The van der Waals surface area contributed by atoms with Crippen LogP contribution in [0.15, 0.2) is 30.3 Å². The second-order valence-corrected chi connectivity index (χ2v) is 5.55. The van der Waals surface area contributed by atoms with E-state index in [9.17, 15) is 4.79 Å². The summed E-state index contributed by atoms with van der Waals surface area (Å²) in [7, 11) is 1.65. The fraction of sp³-hybridized carbons (Fsp3) is 0.588. The van der Waals surface area contributed by atoms with E-state index in [-0.39, 0.29) is 11.9 Å². The molecule has 1 heterocycles. The van der Waals surface area contributed by atoms with Crippen molar-refractivity contribution in [2.45, 2.75) is 6.04 Å². The molecular weight excluding hydrogens is 294 g/mol. The molecule has 128 valence electrons. The van der Waals surface area contributed by atoms with Crippen LogP contribution >= 0.6 is 0 Å². The minimum atomic E-state index is 0.00953. The van der Waals surface area contributed by atoms with Crippen LogP contribution in [0.5, 0.6) is 0 Å². The molecule has 1 atom stereocenters. The molecule has 1 unspecified atom stereocenters. The Balaban J connectivity index is 1.86. The molecule has 0 aromatic heterocycles. The van der Waals surface area contributed by atoms with Crippen molar-refractivity contribution >= 4 is 5.91 Å². The monoisotopic (exact) mass is 321 g/mol. The summed E-state index contributed by atoms with van der Waals surface area (Å²) in [6.07, 6.45) is 0. The molecule has 2 rings (SSSR count). The van der Waals surface area contributed by atoms with E-state index in [0.717, 1.165) is 26.3 Å². The number of carbonyl (C=O) groups is 1. The first-order valence-electron chi connectivity index (χ1n) is 8.14. The van der Waals surface area contributed by atoms with E-state index in [1.54, 1.807) is 7.11 Å². The highest BCUT2D eigenvalue weighted by Gasteiger charge is 2.22. The van der Waals surface area contributed by atoms with Crippen molar-refractivity contribution in [3.63, 3.8) is 0 Å². The summed E-state index contributed by atoms with van der Waals surface area (Å²) in [5.74, 6) is 0.00953. The highest BCUT2D eigenvalue weighted by molar-refractivity contribution is 5.78. The van der Waals surface area contributed by atoms with Gasteiger partial charge in [0.05, 0.1) is 32.4 Å². The van der Waals surface area contributed by atoms with Crippen LogP contribution in [-0.4, -0.2) is 70.5 Å². The Morgan fingerprint density at radius 2 is 2.04 bits per heavy atom. The zero-order chi connectivity index (χ0) is 16.3. The molecule has 1 saturated heterocycles. The standard InChI is InChI=1S/C17H27N3O3/c1-22-10-7-18-14-17(21)19-13-16(15-5-3-2-4-6-15)20-8-11-23-12-9-20/h2-6,16,18H,7-14H2,1H3,(H,19,21). The van der Waals surface area contributed by atoms with Gasteiger partial charge in [0.25, 0.3) is 0 Å². The van der Waals surface area contributed by atoms with E-state index in [4.69, 9.17) is 9.47 Å². The molecule has 0 spiro atoms. The maximum Gasteiger partial charge on any atom is 0.234 e. The Morgan fingerprint density at radius 1 is 1.30 bits per heavy atom. The minimum absolute atomic E-state index is 0.00953. The largest absolute Gasteiger partial charge is 0.383 e. The van der Waals surface area contributed by atoms with Crippen LogP contribution in [0.25, 0.3) is 0 Å². The van der Waals surface area contributed by atoms with Gasteiger partial charge < -0.3 is 20.1 Å². The molecule has 1 aromatic carbocycles. The molecule has 0 bridgehead atoms. The number of hydrogen-bond acceptors (Lipinski definition) is 5. The molecule has 0 aliphatic carbocycles. The second kappa shape index (κ2) is 10.3. The maximum absolute atomic E-state index is 12.0. The number of rotatable bonds is 9. The Morgan fingerprint density at radius 3 is 2.74 bits per heavy atom. The van der Waals surface area contributed by atoms with Crippen molar-refractivity contribution < 1.29 is 14.3 Å². The van der Waals surface area contributed by atoms with Crippen molar-refractivity contribution in [2.75, 3.05) is 59.7 Å². The lowest BCUT2D eigenvalue weighted by Crippen LogP contribution is -2.45. The van der Waals surface area contributed by atoms with Gasteiger partial charge in [-0.15, -0.1) is 0 Å². The summed E-state index contributed by atoms with van der Waals surface area (Å²) >= 11 is 0. The van der Waals surface area contributed by atoms with Crippen molar-refractivity contribution in [3.8, 4) is 0 Å². The quantitative estimate of drug-likeness (QED) is 0.645. The number of nitrogens with one attached hydrogen (secondary N) is 2. The lowest BCUT2D eigenvalue weighted by Gasteiger charge is -2.35. The van der Waals surface area contributed by atoms with Crippen LogP contribution in [0.3, 0.4) is 0 Å². The molecule has 1 aliphatic rings. The molecule has 1 aliphatic heterocycles. The number of ether oxygens (including phenoxy) is 2. The molecule has 0 radical (unpaired) electrons. The SMILES string of the molecule is COCCNCC(=O)NCC(c1ccccc1)N1CCOCC1. The van der Waals surface area contributed by atoms with Gasteiger partial charge in [0, 0.05) is 33.3 Å². The number of methoxy groups -OCH3 is 1. The summed E-state index contributed by atoms with van der Waals surface area (Å²) in [4.78, 5) is 14.3. The van der Waals surface area contributed by atoms with Crippen LogP contribution < -0.4 is 10.6 Å². The summed E-state index contributed by atoms with van der Waals surface area (Å²) < 4.78 is 10.4. The third-order valence-corrected chi connectivity index (χ3v) is 3.93. The van der Waals surface area contributed by atoms with Crippen LogP contribution in [0.4, 0.5) is 0 Å². The number of carbonyl (C=O) groups excluding carboxylic acids is 1. The Bertz CT molecular complexity index is 450. The summed E-state index contributed by atoms with van der Waals surface area (Å²) in [6, 6.07) is 10.5. The average molecular weight is 321 g/mol. The number of morpholine rings is 1. The van der Waals surface area contributed by atoms with E-state index >= 15 is 0 Å². The first kappa shape index (κ1) is 17.9. The van der Waals surface area contributed by atoms with Crippen molar-refractivity contribution in [1.82, 2.24) is 15.5 Å². The number of benzene rings is 1. The second-order valence-electron chi connectivity index (χ2n) is 5.55. The van der Waals surface area contributed by atoms with Crippen molar-refractivity contribution in [2.24, 2.45) is 0 Å². The summed E-state index contributed by atoms with van der Waals surface area (Å²) in [5.41, 5.74) is 1.22. The maximum atomic E-state index is 12.0. The normalized spacial score (nSPS) is 16.9. The minimum Gasteiger partial charge on any atom is -0.383 e. The number of nitrogens with zero attached hydrogens (tertiary/aromatic N) is 1. The number of amides is 1. The average Bonchev–Trinajstić information content (AvgIpc) is 2.61. The number of hydrogen-bond donors (Lipinski definition) is 2. The molecule has 1 amide bonds. The smallest absolute Gasteiger partial charge is 0.234 e. The molecule has 1 aromatic rings. The van der Waals surface area contributed by atoms with Gasteiger partial charge in [0.1, 0.15) is 0 Å². The van der Waals surface area contributed by atoms with Gasteiger partial charge in [-0.3, -0.25) is 9.69 Å². The van der Waals surface area contributed by atoms with Crippen LogP contribution in [-0.2, 0) is 14.3 Å². The fourth-order valence-electron chi connectivity index (χ4n) is 2.67. The lowest BCUT2D eigenvalue weighted by atomic mass is 10.0. The molecule has 6 heteroatoms. The molecule has 23 heavy (non-hydrogen) atoms. The van der Waals surface area contributed by atoms with Crippen LogP contribution in [0.1, 0.15) is 11.6 Å². The predicted octanol–water partition coefficient (Wildman–Crippen LogP) is 0.412. The fourth-order valence-corrected chi connectivity index (χ4v) is 2.67. The summed E-state index contributed by atoms with van der Waals surface area (Å²) in [6.45, 7) is 5.47. The van der Waals surface area contributed by atoms with E-state index in [1.807, 2.05) is 18.2 Å². The van der Waals surface area contributed by atoms with Gasteiger partial charge in [-0.05, 0) is 5.56 Å². The van der Waals surface area contributed by atoms with Gasteiger partial charge in [-0.2, -0.15) is 0 Å². The third kappa shape index (κ3) is 6.27. The van der Waals surface area contributed by atoms with E-state index in [1.165, 1.54) is 5.56 Å². The van der Waals surface area contributed by atoms with Gasteiger partial charge in [0.2, 0.25) is 5.91 Å². The van der Waals surface area contributed by atoms with Gasteiger partial charge in [0.15, 0.2) is 0 Å². The topological polar surface area (TPSA) is 62.8 Å². The van der Waals surface area contributed by atoms with Crippen molar-refractivity contribution in [3.05, 3.63) is 35.9 Å². The Hall–Kier alpha value is -1.47. The van der Waals surface area contributed by atoms with Gasteiger partial charge in [-0.1, -0.05) is 30.3 Å². The van der Waals surface area contributed by atoms with Crippen molar-refractivity contribution in [1.29, 1.82) is 0 Å². The van der Waals surface area contributed by atoms with E-state index in [2.05, 4.69) is 27.7 Å². The highest BCUT2D eigenvalue weighted by Crippen LogP contribution is 2.20. The molecule has 2 N–H and O–H groups in total. The third-order valence-electron chi connectivity index (χ3n) is 3.93. The zero-order valence-electron chi connectivity index (χ0n) is 13.8. The highest BCUT2D eigenvalue weighted by atomic mass is 16.5. The Kier molecular flexibility index (Phi) is 8.03. The summed E-state index contributed by atoms with van der Waals surface area (Å²) in [5, 5.41) is 6.09. The molecule has 1 fully saturated rings. The first-order chi connectivity index (χ1) is 11.3. The molecular formula is C17H27N3O3. The van der Waals surface area contributed by atoms with Gasteiger partial charge >= 0.3 is 0 Å². The Labute approximate surface area is 138 Å².